The number of para-hydroxylation sites is 2. The molecule has 1 amide bonds. The molecule has 1 aromatic heterocycles. The number of aromatic nitrogens is 1. The van der Waals surface area contributed by atoms with Crippen LogP contribution in [0.1, 0.15) is 23.0 Å². The number of phenolic OH excluding ortho intramolecular Hbond substituents is 1. The molecule has 0 aliphatic rings. The van der Waals surface area contributed by atoms with Crippen molar-refractivity contribution < 1.29 is 24.2 Å². The zero-order valence-electron chi connectivity index (χ0n) is 15.6. The lowest BCUT2D eigenvalue weighted by Crippen LogP contribution is -2.23. The third kappa shape index (κ3) is 4.67. The molecule has 0 radical (unpaired) electrons. The van der Waals surface area contributed by atoms with Gasteiger partial charge in [0.05, 0.1) is 18.5 Å². The maximum atomic E-state index is 12.3. The van der Waals surface area contributed by atoms with E-state index in [1.165, 1.54) is 48.5 Å². The zero-order chi connectivity index (χ0) is 21.0. The summed E-state index contributed by atoms with van der Waals surface area (Å²) in [6, 6.07) is 11.2. The third-order valence-corrected chi connectivity index (χ3v) is 5.01. The molecule has 150 valence electrons. The van der Waals surface area contributed by atoms with Gasteiger partial charge >= 0.3 is 5.97 Å². The van der Waals surface area contributed by atoms with E-state index in [0.29, 0.717) is 27.3 Å². The minimum absolute atomic E-state index is 0.0349. The van der Waals surface area contributed by atoms with Gasteiger partial charge in [0.1, 0.15) is 23.7 Å². The van der Waals surface area contributed by atoms with Crippen molar-refractivity contribution in [1.82, 2.24) is 4.98 Å². The summed E-state index contributed by atoms with van der Waals surface area (Å²) >= 11 is 7.08. The standard InChI is InChI=1S/C20H17ClN2O5S/c1-12(24)23(16-5-3-4-6-18(16)27-2)20-22-14(11-29-20)10-28-19(26)15-9-13(21)7-8-17(15)25/h3-9,11,25H,10H2,1-2H3. The Morgan fingerprint density at radius 3 is 2.72 bits per heavy atom. The molecule has 0 unspecified atom stereocenters. The van der Waals surface area contributed by atoms with E-state index in [9.17, 15) is 14.7 Å². The van der Waals surface area contributed by atoms with Crippen molar-refractivity contribution in [2.45, 2.75) is 13.5 Å². The Labute approximate surface area is 176 Å². The molecular formula is C20H17ClN2O5S. The summed E-state index contributed by atoms with van der Waals surface area (Å²) in [7, 11) is 1.52. The third-order valence-electron chi connectivity index (χ3n) is 3.90. The Hall–Kier alpha value is -3.10. The monoisotopic (exact) mass is 432 g/mol. The molecule has 29 heavy (non-hydrogen) atoms. The second-order valence-electron chi connectivity index (χ2n) is 5.89. The number of hydrogen-bond acceptors (Lipinski definition) is 7. The van der Waals surface area contributed by atoms with Crippen molar-refractivity contribution in [2.75, 3.05) is 12.0 Å². The number of hydrogen-bond donors (Lipinski definition) is 1. The normalized spacial score (nSPS) is 10.4. The van der Waals surface area contributed by atoms with Crippen LogP contribution in [0.4, 0.5) is 10.8 Å². The number of thiazole rings is 1. The van der Waals surface area contributed by atoms with Gasteiger partial charge < -0.3 is 14.6 Å². The van der Waals surface area contributed by atoms with Gasteiger partial charge in [-0.3, -0.25) is 9.69 Å². The molecule has 3 aromatic rings. The van der Waals surface area contributed by atoms with Crippen molar-refractivity contribution in [2.24, 2.45) is 0 Å². The van der Waals surface area contributed by atoms with Gasteiger partial charge in [-0.15, -0.1) is 11.3 Å². The molecule has 0 saturated heterocycles. The SMILES string of the molecule is COc1ccccc1N(C(C)=O)c1nc(COC(=O)c2cc(Cl)ccc2O)cs1. The van der Waals surface area contributed by atoms with Crippen LogP contribution in [0, 0.1) is 0 Å². The number of benzene rings is 2. The highest BCUT2D eigenvalue weighted by Gasteiger charge is 2.22. The number of ether oxygens (including phenoxy) is 2. The van der Waals surface area contributed by atoms with Crippen molar-refractivity contribution >= 4 is 45.6 Å². The van der Waals surface area contributed by atoms with Crippen molar-refractivity contribution in [1.29, 1.82) is 0 Å². The fraction of sp³-hybridized carbons (Fsp3) is 0.150. The summed E-state index contributed by atoms with van der Waals surface area (Å²) in [5.41, 5.74) is 0.984. The molecule has 1 N–H and O–H groups in total. The summed E-state index contributed by atoms with van der Waals surface area (Å²) in [4.78, 5) is 30.3. The molecule has 2 aromatic carbocycles. The Balaban J connectivity index is 1.78. The largest absolute Gasteiger partial charge is 0.507 e. The highest BCUT2D eigenvalue weighted by atomic mass is 35.5. The first kappa shape index (κ1) is 20.6. The summed E-state index contributed by atoms with van der Waals surface area (Å²) in [6.07, 6.45) is 0. The van der Waals surface area contributed by atoms with Gasteiger partial charge in [0.15, 0.2) is 5.13 Å². The highest BCUT2D eigenvalue weighted by Crippen LogP contribution is 2.35. The maximum Gasteiger partial charge on any atom is 0.342 e. The molecule has 0 aliphatic carbocycles. The Morgan fingerprint density at radius 1 is 1.24 bits per heavy atom. The average molecular weight is 433 g/mol. The molecular weight excluding hydrogens is 416 g/mol. The number of nitrogens with zero attached hydrogens (tertiary/aromatic N) is 2. The molecule has 0 bridgehead atoms. The number of methoxy groups -OCH3 is 1. The molecule has 0 aliphatic heterocycles. The van der Waals surface area contributed by atoms with Crippen LogP contribution in [-0.2, 0) is 16.1 Å². The summed E-state index contributed by atoms with van der Waals surface area (Å²) in [6.45, 7) is 1.30. The van der Waals surface area contributed by atoms with Crippen LogP contribution >= 0.6 is 22.9 Å². The van der Waals surface area contributed by atoms with Gasteiger partial charge in [0, 0.05) is 17.3 Å². The zero-order valence-corrected chi connectivity index (χ0v) is 17.2. The number of amides is 1. The van der Waals surface area contributed by atoms with E-state index in [1.807, 2.05) is 0 Å². The van der Waals surface area contributed by atoms with Crippen LogP contribution in [0.3, 0.4) is 0 Å². The van der Waals surface area contributed by atoms with Crippen LogP contribution in [0.15, 0.2) is 47.8 Å². The van der Waals surface area contributed by atoms with E-state index in [2.05, 4.69) is 4.98 Å². The predicted molar refractivity (Wildman–Crippen MR) is 110 cm³/mol. The maximum absolute atomic E-state index is 12.3. The molecule has 0 fully saturated rings. The second-order valence-corrected chi connectivity index (χ2v) is 7.16. The van der Waals surface area contributed by atoms with Crippen LogP contribution in [-0.4, -0.2) is 29.1 Å². The first-order chi connectivity index (χ1) is 13.9. The van der Waals surface area contributed by atoms with Crippen LogP contribution in [0.25, 0.3) is 0 Å². The second kappa shape index (κ2) is 8.93. The molecule has 9 heteroatoms. The number of aromatic hydroxyl groups is 1. The summed E-state index contributed by atoms with van der Waals surface area (Å²) < 4.78 is 10.5. The van der Waals surface area contributed by atoms with Gasteiger partial charge in [-0.2, -0.15) is 0 Å². The van der Waals surface area contributed by atoms with E-state index in [0.717, 1.165) is 0 Å². The molecule has 0 saturated carbocycles. The van der Waals surface area contributed by atoms with E-state index < -0.39 is 5.97 Å². The lowest BCUT2D eigenvalue weighted by atomic mass is 10.2. The van der Waals surface area contributed by atoms with Crippen molar-refractivity contribution in [3.8, 4) is 11.5 Å². The number of rotatable bonds is 6. The van der Waals surface area contributed by atoms with Gasteiger partial charge in [-0.25, -0.2) is 9.78 Å². The first-order valence-electron chi connectivity index (χ1n) is 8.44. The first-order valence-corrected chi connectivity index (χ1v) is 9.70. The fourth-order valence-corrected chi connectivity index (χ4v) is 3.61. The molecule has 0 spiro atoms. The van der Waals surface area contributed by atoms with Gasteiger partial charge in [-0.1, -0.05) is 23.7 Å². The van der Waals surface area contributed by atoms with Crippen LogP contribution < -0.4 is 9.64 Å². The van der Waals surface area contributed by atoms with Crippen molar-refractivity contribution in [3.05, 3.63) is 64.1 Å². The topological polar surface area (TPSA) is 89.0 Å². The average Bonchev–Trinajstić information content (AvgIpc) is 3.16. The molecule has 7 nitrogen and oxygen atoms in total. The highest BCUT2D eigenvalue weighted by molar-refractivity contribution is 7.14. The van der Waals surface area contributed by atoms with Crippen LogP contribution in [0.5, 0.6) is 11.5 Å². The molecule has 0 atom stereocenters. The number of carbonyl (C=O) groups is 2. The van der Waals surface area contributed by atoms with E-state index >= 15 is 0 Å². The lowest BCUT2D eigenvalue weighted by Gasteiger charge is -2.20. The lowest BCUT2D eigenvalue weighted by molar-refractivity contribution is -0.115. The Kier molecular flexibility index (Phi) is 6.36. The number of halogens is 1. The minimum atomic E-state index is -0.729. The number of carbonyl (C=O) groups excluding carboxylic acids is 2. The fourth-order valence-electron chi connectivity index (χ4n) is 2.58. The Bertz CT molecular complexity index is 1050. The van der Waals surface area contributed by atoms with Crippen molar-refractivity contribution in [3.63, 3.8) is 0 Å². The van der Waals surface area contributed by atoms with E-state index in [1.54, 1.807) is 29.6 Å². The van der Waals surface area contributed by atoms with E-state index in [-0.39, 0.29) is 23.8 Å². The van der Waals surface area contributed by atoms with Gasteiger partial charge in [0.2, 0.25) is 5.91 Å². The summed E-state index contributed by atoms with van der Waals surface area (Å²) in [5, 5.41) is 12.2. The minimum Gasteiger partial charge on any atom is -0.507 e. The number of phenols is 1. The number of esters is 1. The Morgan fingerprint density at radius 2 is 2.00 bits per heavy atom. The van der Waals surface area contributed by atoms with Crippen LogP contribution in [0.2, 0.25) is 5.02 Å². The number of anilines is 2. The molecule has 3 rings (SSSR count). The quantitative estimate of drug-likeness (QED) is 0.575. The van der Waals surface area contributed by atoms with E-state index in [4.69, 9.17) is 21.1 Å². The van der Waals surface area contributed by atoms with Gasteiger partial charge in [-0.05, 0) is 30.3 Å². The predicted octanol–water partition coefficient (Wildman–Crippen LogP) is 4.55. The van der Waals surface area contributed by atoms with Gasteiger partial charge in [0.25, 0.3) is 0 Å². The smallest absolute Gasteiger partial charge is 0.342 e. The summed E-state index contributed by atoms with van der Waals surface area (Å²) in [5.74, 6) is -0.663. The molecule has 1 heterocycles.